The number of H-pyrrole nitrogens is 1. The molecule has 0 atom stereocenters. The minimum Gasteiger partial charge on any atom is -0.467 e. The van der Waals surface area contributed by atoms with Crippen molar-refractivity contribution in [3.8, 4) is 0 Å². The van der Waals surface area contributed by atoms with Crippen LogP contribution in [0.2, 0.25) is 0 Å². The molecule has 0 bridgehead atoms. The van der Waals surface area contributed by atoms with E-state index in [1.807, 2.05) is 19.1 Å². The summed E-state index contributed by atoms with van der Waals surface area (Å²) in [4.78, 5) is 31.6. The van der Waals surface area contributed by atoms with Gasteiger partial charge >= 0.3 is 5.69 Å². The Labute approximate surface area is 179 Å². The largest absolute Gasteiger partial charge is 0.467 e. The van der Waals surface area contributed by atoms with Gasteiger partial charge in [-0.05, 0) is 18.6 Å². The minimum atomic E-state index is -0.422. The first-order chi connectivity index (χ1) is 14.6. The summed E-state index contributed by atoms with van der Waals surface area (Å²) in [7, 11) is 1.78. The monoisotopic (exact) mass is 447 g/mol. The number of furan rings is 1. The number of thioether (sulfide) groups is 1. The number of hydrogen-bond donors (Lipinski definition) is 2. The van der Waals surface area contributed by atoms with Crippen molar-refractivity contribution in [2.24, 2.45) is 7.05 Å². The van der Waals surface area contributed by atoms with Crippen molar-refractivity contribution in [1.82, 2.24) is 29.3 Å². The molecule has 0 aliphatic carbocycles. The predicted molar refractivity (Wildman–Crippen MR) is 116 cm³/mol. The molecule has 0 amide bonds. The van der Waals surface area contributed by atoms with Gasteiger partial charge < -0.3 is 14.3 Å². The number of nitrogens with zero attached hydrogens (tertiary/aromatic N) is 5. The Morgan fingerprint density at radius 2 is 2.20 bits per heavy atom. The van der Waals surface area contributed by atoms with Gasteiger partial charge in [-0.15, -0.1) is 10.2 Å². The average molecular weight is 448 g/mol. The Balaban J connectivity index is 1.50. The maximum absolute atomic E-state index is 12.3. The molecule has 4 rings (SSSR count). The van der Waals surface area contributed by atoms with Gasteiger partial charge in [0.1, 0.15) is 11.6 Å². The van der Waals surface area contributed by atoms with Crippen molar-refractivity contribution in [3.63, 3.8) is 0 Å². The van der Waals surface area contributed by atoms with Crippen molar-refractivity contribution in [3.05, 3.63) is 50.8 Å². The molecule has 0 aliphatic heterocycles. The SMILES string of the molecule is CCCCn1c(=O)[nH]c(=O)c2c1nc(CSc1nnc(NCc3ccco3)s1)n2C. The third-order valence-corrected chi connectivity index (χ3v) is 6.58. The van der Waals surface area contributed by atoms with Crippen LogP contribution < -0.4 is 16.6 Å². The predicted octanol–water partition coefficient (Wildman–Crippen LogP) is 2.57. The molecule has 4 aromatic heterocycles. The number of anilines is 1. The summed E-state index contributed by atoms with van der Waals surface area (Å²) in [6, 6.07) is 3.72. The van der Waals surface area contributed by atoms with Crippen LogP contribution in [0.1, 0.15) is 31.4 Å². The lowest BCUT2D eigenvalue weighted by atomic mass is 10.3. The van der Waals surface area contributed by atoms with Crippen LogP contribution >= 0.6 is 23.1 Å². The van der Waals surface area contributed by atoms with Gasteiger partial charge in [0.25, 0.3) is 5.56 Å². The van der Waals surface area contributed by atoms with Crippen LogP contribution in [0.4, 0.5) is 5.13 Å². The topological polar surface area (TPSA) is 124 Å². The fourth-order valence-corrected chi connectivity index (χ4v) is 4.72. The number of hydrogen-bond acceptors (Lipinski definition) is 9. The van der Waals surface area contributed by atoms with E-state index in [0.717, 1.165) is 22.9 Å². The third-order valence-electron chi connectivity index (χ3n) is 4.57. The summed E-state index contributed by atoms with van der Waals surface area (Å²) >= 11 is 2.91. The molecule has 0 unspecified atom stereocenters. The Morgan fingerprint density at radius 3 is 2.97 bits per heavy atom. The average Bonchev–Trinajstić information content (AvgIpc) is 3.45. The molecule has 0 saturated heterocycles. The first-order valence-electron chi connectivity index (χ1n) is 9.47. The number of nitrogens with one attached hydrogen (secondary N) is 2. The van der Waals surface area contributed by atoms with Gasteiger partial charge in [0.2, 0.25) is 5.13 Å². The zero-order chi connectivity index (χ0) is 21.1. The quantitative estimate of drug-likeness (QED) is 0.375. The zero-order valence-electron chi connectivity index (χ0n) is 16.5. The summed E-state index contributed by atoms with van der Waals surface area (Å²) in [5.41, 5.74) is -0.0169. The molecule has 2 N–H and O–H groups in total. The molecule has 0 saturated carbocycles. The van der Waals surface area contributed by atoms with Gasteiger partial charge in [-0.25, -0.2) is 9.78 Å². The molecule has 4 heterocycles. The molecule has 0 fully saturated rings. The molecule has 0 aliphatic rings. The Kier molecular flexibility index (Phi) is 6.04. The number of aromatic amines is 1. The maximum atomic E-state index is 12.3. The molecule has 10 nitrogen and oxygen atoms in total. The van der Waals surface area contributed by atoms with E-state index >= 15 is 0 Å². The third kappa shape index (κ3) is 4.19. The zero-order valence-corrected chi connectivity index (χ0v) is 18.2. The lowest BCUT2D eigenvalue weighted by Crippen LogP contribution is -2.31. The number of unbranched alkanes of at least 4 members (excludes halogenated alkanes) is 1. The van der Waals surface area contributed by atoms with E-state index in [2.05, 4.69) is 25.5 Å². The van der Waals surface area contributed by atoms with Gasteiger partial charge in [0.05, 0.1) is 18.6 Å². The lowest BCUT2D eigenvalue weighted by Gasteiger charge is -2.04. The molecule has 158 valence electrons. The van der Waals surface area contributed by atoms with Gasteiger partial charge in [-0.3, -0.25) is 14.3 Å². The smallest absolute Gasteiger partial charge is 0.330 e. The highest BCUT2D eigenvalue weighted by Gasteiger charge is 2.17. The van der Waals surface area contributed by atoms with E-state index in [0.29, 0.717) is 41.0 Å². The first-order valence-corrected chi connectivity index (χ1v) is 11.3. The lowest BCUT2D eigenvalue weighted by molar-refractivity contribution is 0.518. The van der Waals surface area contributed by atoms with E-state index in [4.69, 9.17) is 4.42 Å². The van der Waals surface area contributed by atoms with Crippen LogP contribution in [0.5, 0.6) is 0 Å². The number of aromatic nitrogens is 6. The van der Waals surface area contributed by atoms with Crippen LogP contribution in [0.15, 0.2) is 36.7 Å². The van der Waals surface area contributed by atoms with Crippen LogP contribution in [0.25, 0.3) is 11.2 Å². The molecule has 0 spiro atoms. The van der Waals surface area contributed by atoms with E-state index in [9.17, 15) is 9.59 Å². The molecule has 0 radical (unpaired) electrons. The van der Waals surface area contributed by atoms with E-state index in [1.165, 1.54) is 27.7 Å². The minimum absolute atomic E-state index is 0.402. The normalized spacial score (nSPS) is 11.4. The fraction of sp³-hybridized carbons (Fsp3) is 0.389. The standard InChI is InChI=1S/C18H21N7O3S2/c1-3-4-7-25-14-13(15(26)21-17(25)27)24(2)12(20-14)10-29-18-23-22-16(30-18)19-9-11-6-5-8-28-11/h5-6,8H,3-4,7,9-10H2,1-2H3,(H,19,22)(H,21,26,27). The molecule has 4 aromatic rings. The summed E-state index contributed by atoms with van der Waals surface area (Å²) < 4.78 is 9.34. The number of fused-ring (bicyclic) bond motifs is 1. The highest BCUT2D eigenvalue weighted by Crippen LogP contribution is 2.28. The second-order valence-electron chi connectivity index (χ2n) is 6.62. The summed E-state index contributed by atoms with van der Waals surface area (Å²) in [5.74, 6) is 2.01. The second-order valence-corrected chi connectivity index (χ2v) is 8.82. The Morgan fingerprint density at radius 1 is 1.33 bits per heavy atom. The Hall–Kier alpha value is -2.86. The first kappa shape index (κ1) is 20.4. The van der Waals surface area contributed by atoms with Gasteiger partial charge in [-0.1, -0.05) is 36.4 Å². The van der Waals surface area contributed by atoms with Crippen LogP contribution in [-0.4, -0.2) is 29.3 Å². The van der Waals surface area contributed by atoms with Crippen LogP contribution in [0, 0.1) is 0 Å². The van der Waals surface area contributed by atoms with E-state index < -0.39 is 11.2 Å². The second kappa shape index (κ2) is 8.88. The summed E-state index contributed by atoms with van der Waals surface area (Å²) in [6.45, 7) is 3.11. The van der Waals surface area contributed by atoms with Crippen molar-refractivity contribution in [1.29, 1.82) is 0 Å². The van der Waals surface area contributed by atoms with Crippen molar-refractivity contribution in [2.45, 2.75) is 42.9 Å². The highest BCUT2D eigenvalue weighted by molar-refractivity contribution is 8.00. The van der Waals surface area contributed by atoms with Gasteiger partial charge in [0, 0.05) is 13.6 Å². The van der Waals surface area contributed by atoms with Crippen molar-refractivity contribution < 1.29 is 4.42 Å². The summed E-state index contributed by atoms with van der Waals surface area (Å²) in [6.07, 6.45) is 3.40. The molecule has 12 heteroatoms. The number of rotatable bonds is 9. The van der Waals surface area contributed by atoms with Crippen LogP contribution in [0.3, 0.4) is 0 Å². The molecule has 30 heavy (non-hydrogen) atoms. The van der Waals surface area contributed by atoms with Gasteiger partial charge in [-0.2, -0.15) is 0 Å². The van der Waals surface area contributed by atoms with Gasteiger partial charge in [0.15, 0.2) is 15.5 Å². The van der Waals surface area contributed by atoms with Crippen LogP contribution in [-0.2, 0) is 25.9 Å². The summed E-state index contributed by atoms with van der Waals surface area (Å²) in [5, 5.41) is 12.2. The number of aryl methyl sites for hydroxylation is 2. The molecular formula is C18H21N7O3S2. The van der Waals surface area contributed by atoms with Crippen molar-refractivity contribution in [2.75, 3.05) is 5.32 Å². The number of imidazole rings is 1. The molecular weight excluding hydrogens is 426 g/mol. The van der Waals surface area contributed by atoms with E-state index in [1.54, 1.807) is 17.9 Å². The Bertz CT molecular complexity index is 1250. The van der Waals surface area contributed by atoms with E-state index in [-0.39, 0.29) is 0 Å². The fourth-order valence-electron chi connectivity index (χ4n) is 2.99. The molecule has 0 aromatic carbocycles. The highest BCUT2D eigenvalue weighted by atomic mass is 32.2. The van der Waals surface area contributed by atoms with Crippen molar-refractivity contribution >= 4 is 39.4 Å². The maximum Gasteiger partial charge on any atom is 0.330 e.